The smallest absolute Gasteiger partial charge is 0.177 e. The lowest BCUT2D eigenvalue weighted by molar-refractivity contribution is 0.191. The second-order valence-corrected chi connectivity index (χ2v) is 4.40. The summed E-state index contributed by atoms with van der Waals surface area (Å²) < 4.78 is 12.8. The number of aryl methyl sites for hydroxylation is 1. The van der Waals surface area contributed by atoms with E-state index in [1.165, 1.54) is 0 Å². The molecule has 0 radical (unpaired) electrons. The predicted octanol–water partition coefficient (Wildman–Crippen LogP) is 3.33. The van der Waals surface area contributed by atoms with Gasteiger partial charge in [-0.3, -0.25) is 0 Å². The molecule has 0 atom stereocenters. The quantitative estimate of drug-likeness (QED) is 0.657. The lowest BCUT2D eigenvalue weighted by Crippen LogP contribution is -2.03. The van der Waals surface area contributed by atoms with Crippen LogP contribution in [0.2, 0.25) is 0 Å². The first-order chi connectivity index (χ1) is 9.40. The van der Waals surface area contributed by atoms with Crippen LogP contribution in [0.4, 0.5) is 0 Å². The summed E-state index contributed by atoms with van der Waals surface area (Å²) in [6.45, 7) is 1.61. The highest BCUT2D eigenvalue weighted by Gasteiger charge is 2.13. The molecule has 0 amide bonds. The van der Waals surface area contributed by atoms with Crippen LogP contribution in [0, 0.1) is 0 Å². The maximum atomic E-state index is 5.48. The molecule has 98 valence electrons. The van der Waals surface area contributed by atoms with Gasteiger partial charge in [-0.2, -0.15) is 0 Å². The Balaban J connectivity index is 2.06. The van der Waals surface area contributed by atoms with Crippen LogP contribution in [-0.2, 0) is 11.3 Å². The number of hydrogen-bond donors (Lipinski definition) is 0. The Kier molecular flexibility index (Phi) is 3.33. The molecule has 0 saturated carbocycles. The maximum Gasteiger partial charge on any atom is 0.177 e. The van der Waals surface area contributed by atoms with Crippen LogP contribution in [0.3, 0.4) is 0 Å². The highest BCUT2D eigenvalue weighted by molar-refractivity contribution is 5.79. The summed E-state index contributed by atoms with van der Waals surface area (Å²) in [5.41, 5.74) is 2.12. The summed E-state index contributed by atoms with van der Waals surface area (Å²) in [4.78, 5) is 4.66. The molecule has 0 saturated heterocycles. The molecule has 4 nitrogen and oxygen atoms in total. The number of methoxy groups -OCH3 is 1. The van der Waals surface area contributed by atoms with E-state index >= 15 is 0 Å². The van der Waals surface area contributed by atoms with Gasteiger partial charge >= 0.3 is 0 Å². The summed E-state index contributed by atoms with van der Waals surface area (Å²) in [5, 5.41) is 0. The van der Waals surface area contributed by atoms with Crippen LogP contribution in [0.15, 0.2) is 47.1 Å². The van der Waals surface area contributed by atoms with Gasteiger partial charge in [0.05, 0.1) is 17.3 Å². The van der Waals surface area contributed by atoms with E-state index < -0.39 is 0 Å². The third kappa shape index (κ3) is 2.27. The molecular weight excluding hydrogens is 240 g/mol. The van der Waals surface area contributed by atoms with Crippen molar-refractivity contribution in [2.24, 2.45) is 0 Å². The largest absolute Gasteiger partial charge is 0.461 e. The molecule has 0 aliphatic rings. The molecule has 0 N–H and O–H groups in total. The predicted molar refractivity (Wildman–Crippen MR) is 73.9 cm³/mol. The molecule has 0 aliphatic heterocycles. The van der Waals surface area contributed by atoms with Crippen molar-refractivity contribution < 1.29 is 9.15 Å². The van der Waals surface area contributed by atoms with E-state index in [0.29, 0.717) is 0 Å². The molecule has 19 heavy (non-hydrogen) atoms. The highest BCUT2D eigenvalue weighted by atomic mass is 16.5. The Labute approximate surface area is 111 Å². The molecule has 0 fully saturated rings. The van der Waals surface area contributed by atoms with E-state index in [9.17, 15) is 0 Å². The van der Waals surface area contributed by atoms with Gasteiger partial charge in [0.15, 0.2) is 11.6 Å². The van der Waals surface area contributed by atoms with Crippen LogP contribution in [-0.4, -0.2) is 23.3 Å². The molecule has 0 unspecified atom stereocenters. The van der Waals surface area contributed by atoms with Gasteiger partial charge in [-0.15, -0.1) is 0 Å². The normalized spacial score (nSPS) is 11.2. The van der Waals surface area contributed by atoms with Gasteiger partial charge in [-0.25, -0.2) is 4.98 Å². The van der Waals surface area contributed by atoms with Crippen LogP contribution in [0.5, 0.6) is 0 Å². The molecular formula is C15H16N2O2. The fourth-order valence-corrected chi connectivity index (χ4v) is 2.26. The van der Waals surface area contributed by atoms with E-state index in [2.05, 4.69) is 15.6 Å². The number of nitrogens with zero attached hydrogens (tertiary/aromatic N) is 2. The minimum Gasteiger partial charge on any atom is -0.461 e. The van der Waals surface area contributed by atoms with E-state index in [-0.39, 0.29) is 0 Å². The lowest BCUT2D eigenvalue weighted by Gasteiger charge is -2.07. The van der Waals surface area contributed by atoms with Crippen LogP contribution in [0.1, 0.15) is 6.42 Å². The first-order valence-electron chi connectivity index (χ1n) is 6.38. The Morgan fingerprint density at radius 1 is 1.21 bits per heavy atom. The number of rotatable bonds is 5. The summed E-state index contributed by atoms with van der Waals surface area (Å²) >= 11 is 0. The van der Waals surface area contributed by atoms with Crippen molar-refractivity contribution in [3.63, 3.8) is 0 Å². The molecule has 4 heteroatoms. The number of furan rings is 1. The van der Waals surface area contributed by atoms with E-state index in [4.69, 9.17) is 9.15 Å². The zero-order chi connectivity index (χ0) is 13.1. The zero-order valence-electron chi connectivity index (χ0n) is 10.9. The highest BCUT2D eigenvalue weighted by Crippen LogP contribution is 2.25. The van der Waals surface area contributed by atoms with Crippen molar-refractivity contribution in [3.05, 3.63) is 42.7 Å². The van der Waals surface area contributed by atoms with Crippen LogP contribution < -0.4 is 0 Å². The summed E-state index contributed by atoms with van der Waals surface area (Å²) in [7, 11) is 1.72. The van der Waals surface area contributed by atoms with Gasteiger partial charge in [0.25, 0.3) is 0 Å². The number of ether oxygens (including phenoxy) is 1. The second kappa shape index (κ2) is 5.28. The number of imidazole rings is 1. The third-order valence-corrected chi connectivity index (χ3v) is 3.13. The minimum atomic E-state index is 0.740. The summed E-state index contributed by atoms with van der Waals surface area (Å²) in [6.07, 6.45) is 2.62. The van der Waals surface area contributed by atoms with Crippen molar-refractivity contribution in [1.29, 1.82) is 0 Å². The van der Waals surface area contributed by atoms with Gasteiger partial charge < -0.3 is 13.7 Å². The van der Waals surface area contributed by atoms with Gasteiger partial charge in [0, 0.05) is 20.3 Å². The molecule has 2 aromatic heterocycles. The molecule has 3 rings (SSSR count). The molecule has 0 bridgehead atoms. The van der Waals surface area contributed by atoms with E-state index in [0.717, 1.165) is 42.2 Å². The fraction of sp³-hybridized carbons (Fsp3) is 0.267. The van der Waals surface area contributed by atoms with Gasteiger partial charge in [0.1, 0.15) is 0 Å². The number of benzene rings is 1. The Morgan fingerprint density at radius 3 is 2.89 bits per heavy atom. The first-order valence-corrected chi connectivity index (χ1v) is 6.38. The number of hydrogen-bond acceptors (Lipinski definition) is 3. The van der Waals surface area contributed by atoms with Crippen LogP contribution >= 0.6 is 0 Å². The molecule has 0 spiro atoms. The Hall–Kier alpha value is -2.07. The Bertz CT molecular complexity index is 656. The lowest BCUT2D eigenvalue weighted by atomic mass is 10.3. The summed E-state index contributed by atoms with van der Waals surface area (Å²) in [6, 6.07) is 12.0. The number of fused-ring (bicyclic) bond motifs is 1. The van der Waals surface area contributed by atoms with Gasteiger partial charge in [0.2, 0.25) is 0 Å². The molecule has 0 aliphatic carbocycles. The monoisotopic (exact) mass is 256 g/mol. The SMILES string of the molecule is COCCCn1c(-c2ccco2)nc2ccccc21. The zero-order valence-corrected chi connectivity index (χ0v) is 10.9. The van der Waals surface area contributed by atoms with Gasteiger partial charge in [-0.05, 0) is 30.7 Å². The average molecular weight is 256 g/mol. The maximum absolute atomic E-state index is 5.48. The van der Waals surface area contributed by atoms with Gasteiger partial charge in [-0.1, -0.05) is 12.1 Å². The van der Waals surface area contributed by atoms with Crippen molar-refractivity contribution in [1.82, 2.24) is 9.55 Å². The van der Waals surface area contributed by atoms with Crippen molar-refractivity contribution >= 4 is 11.0 Å². The van der Waals surface area contributed by atoms with Crippen molar-refractivity contribution in [3.8, 4) is 11.6 Å². The van der Waals surface area contributed by atoms with Crippen molar-refractivity contribution in [2.75, 3.05) is 13.7 Å². The molecule has 1 aromatic carbocycles. The number of aromatic nitrogens is 2. The Morgan fingerprint density at radius 2 is 2.11 bits per heavy atom. The third-order valence-electron chi connectivity index (χ3n) is 3.13. The fourth-order valence-electron chi connectivity index (χ4n) is 2.26. The number of para-hydroxylation sites is 2. The molecule has 3 aromatic rings. The van der Waals surface area contributed by atoms with Crippen molar-refractivity contribution in [2.45, 2.75) is 13.0 Å². The average Bonchev–Trinajstić information content (AvgIpc) is 3.06. The van der Waals surface area contributed by atoms with E-state index in [1.807, 2.05) is 30.3 Å². The molecule has 2 heterocycles. The topological polar surface area (TPSA) is 40.2 Å². The first kappa shape index (κ1) is 12.0. The summed E-state index contributed by atoms with van der Waals surface area (Å²) in [5.74, 6) is 1.68. The minimum absolute atomic E-state index is 0.740. The van der Waals surface area contributed by atoms with E-state index in [1.54, 1.807) is 13.4 Å². The standard InChI is InChI=1S/C15H16N2O2/c1-18-10-5-9-17-13-7-3-2-6-12(13)16-15(17)14-8-4-11-19-14/h2-4,6-8,11H,5,9-10H2,1H3. The second-order valence-electron chi connectivity index (χ2n) is 4.40. The van der Waals surface area contributed by atoms with Crippen LogP contribution in [0.25, 0.3) is 22.6 Å².